The number of nitrogens with zero attached hydrogens (tertiary/aromatic N) is 9. The van der Waals surface area contributed by atoms with Gasteiger partial charge in [-0.2, -0.15) is 5.10 Å². The molecule has 3 amide bonds. The number of thiazole rings is 1. The average molecular weight is 923 g/mol. The molecule has 19 heteroatoms. The molecule has 0 unspecified atom stereocenters. The van der Waals surface area contributed by atoms with Crippen LogP contribution in [0.5, 0.6) is 5.75 Å². The number of nitrogens with one attached hydrogen (secondary N) is 1. The van der Waals surface area contributed by atoms with Crippen LogP contribution in [0.1, 0.15) is 97.2 Å². The van der Waals surface area contributed by atoms with Crippen LogP contribution in [-0.2, 0) is 32.5 Å². The number of rotatable bonds is 20. The Labute approximate surface area is 386 Å². The van der Waals surface area contributed by atoms with Crippen LogP contribution >= 0.6 is 23.1 Å². The van der Waals surface area contributed by atoms with Gasteiger partial charge in [0.2, 0.25) is 17.8 Å². The molecule has 1 aliphatic rings. The predicted octanol–water partition coefficient (Wildman–Crippen LogP) is 5.89. The number of allylic oxidation sites excluding steroid dienone is 2. The minimum atomic E-state index is -0.629. The summed E-state index contributed by atoms with van der Waals surface area (Å²) < 4.78 is 12.0. The van der Waals surface area contributed by atoms with Gasteiger partial charge in [0.25, 0.3) is 5.91 Å². The number of carbonyl (C=O) groups is 4. The molecule has 5 heterocycles. The number of hydrogen-bond acceptors (Lipinski definition) is 13. The first kappa shape index (κ1) is 47.1. The number of primary amides is 2. The first-order valence-corrected chi connectivity index (χ1v) is 24.0. The number of piperazine rings is 1. The van der Waals surface area contributed by atoms with Crippen LogP contribution in [0.4, 0.5) is 5.95 Å². The normalized spacial score (nSPS) is 13.8. The maximum Gasteiger partial charge on any atom is 0.269 e. The molecule has 0 aliphatic carbocycles. The molecule has 1 fully saturated rings. The molecule has 0 saturated carbocycles. The van der Waals surface area contributed by atoms with E-state index in [0.717, 1.165) is 60.3 Å². The molecule has 2 aromatic carbocycles. The summed E-state index contributed by atoms with van der Waals surface area (Å²) in [4.78, 5) is 73.3. The number of Topliss-reactive ketones (excluding diaryl/α,β-unsaturated/α-hetero) is 1. The standard InChI is InChI=1S/C46H58N12O5S2/c1-8-32-42(65-29(6)49-32)45(62)52-46-51-33-22-30(43(47)60)24-37(63-20-12-13-54-16-18-55(19-17-54)27(3)4)40(33)57(46)15-11-10-14-56-39(26-36(59)35-21-28(5)53-58(35)9-2)50-34-23-31(44(48)61)25-38(64-7)41(34)56/h10-11,21-25,27H,8-9,12-20,26H2,1-7H3,(H2,47,60)(H2,48,61)(H,51,52,62)/b11-10+. The van der Waals surface area contributed by atoms with Gasteiger partial charge in [0, 0.05) is 74.4 Å². The quantitative estimate of drug-likeness (QED) is 0.0354. The largest absolute Gasteiger partial charge is 0.491 e. The number of hydrogen-bond donors (Lipinski definition) is 3. The van der Waals surface area contributed by atoms with Gasteiger partial charge < -0.3 is 30.2 Å². The zero-order chi connectivity index (χ0) is 46.5. The van der Waals surface area contributed by atoms with Crippen LogP contribution in [0, 0.1) is 13.8 Å². The smallest absolute Gasteiger partial charge is 0.269 e. The lowest BCUT2D eigenvalue weighted by atomic mass is 10.1. The fraction of sp³-hybridized carbons (Fsp3) is 0.435. The molecule has 4 aromatic heterocycles. The van der Waals surface area contributed by atoms with E-state index >= 15 is 0 Å². The first-order valence-electron chi connectivity index (χ1n) is 22.0. The molecular formula is C46H58N12O5S2. The number of anilines is 1. The minimum absolute atomic E-state index is 0.0104. The second-order valence-electron chi connectivity index (χ2n) is 16.3. The Hall–Kier alpha value is -5.89. The Morgan fingerprint density at radius 2 is 1.57 bits per heavy atom. The van der Waals surface area contributed by atoms with Crippen molar-refractivity contribution in [2.24, 2.45) is 11.5 Å². The zero-order valence-corrected chi connectivity index (χ0v) is 39.8. The Kier molecular flexibility index (Phi) is 14.9. The summed E-state index contributed by atoms with van der Waals surface area (Å²) in [5, 5.41) is 8.29. The van der Waals surface area contributed by atoms with E-state index in [0.29, 0.717) is 82.1 Å². The van der Waals surface area contributed by atoms with Crippen LogP contribution in [0.2, 0.25) is 0 Å². The predicted molar refractivity (Wildman–Crippen MR) is 256 cm³/mol. The van der Waals surface area contributed by atoms with Crippen molar-refractivity contribution >= 4 is 74.6 Å². The molecule has 344 valence electrons. The van der Waals surface area contributed by atoms with E-state index in [1.165, 1.54) is 23.1 Å². The van der Waals surface area contributed by atoms with Crippen LogP contribution in [0.3, 0.4) is 0 Å². The number of thioether (sulfide) groups is 1. The molecule has 7 rings (SSSR count). The van der Waals surface area contributed by atoms with Gasteiger partial charge >= 0.3 is 0 Å². The van der Waals surface area contributed by atoms with Gasteiger partial charge in [0.15, 0.2) is 5.78 Å². The number of carbonyl (C=O) groups excluding carboxylic acids is 4. The van der Waals surface area contributed by atoms with Crippen molar-refractivity contribution in [2.45, 2.75) is 91.4 Å². The molecule has 0 bridgehead atoms. The highest BCUT2D eigenvalue weighted by molar-refractivity contribution is 7.98. The lowest BCUT2D eigenvalue weighted by Gasteiger charge is -2.36. The molecule has 0 radical (unpaired) electrons. The van der Waals surface area contributed by atoms with Crippen molar-refractivity contribution in [1.29, 1.82) is 0 Å². The second kappa shape index (κ2) is 20.5. The van der Waals surface area contributed by atoms with E-state index in [1.54, 1.807) is 35.0 Å². The van der Waals surface area contributed by atoms with Crippen molar-refractivity contribution in [3.63, 3.8) is 0 Å². The molecule has 6 aromatic rings. The Morgan fingerprint density at radius 3 is 2.22 bits per heavy atom. The van der Waals surface area contributed by atoms with Crippen molar-refractivity contribution in [1.82, 2.24) is 43.7 Å². The number of ketones is 1. The van der Waals surface area contributed by atoms with Gasteiger partial charge in [0.05, 0.1) is 46.0 Å². The summed E-state index contributed by atoms with van der Waals surface area (Å²) in [7, 11) is 0. The van der Waals surface area contributed by atoms with E-state index in [2.05, 4.69) is 39.0 Å². The molecule has 1 saturated heterocycles. The van der Waals surface area contributed by atoms with Gasteiger partial charge in [0.1, 0.15) is 27.7 Å². The van der Waals surface area contributed by atoms with Gasteiger partial charge in [-0.05, 0) is 84.0 Å². The lowest BCUT2D eigenvalue weighted by molar-refractivity contribution is 0.0975. The molecule has 65 heavy (non-hydrogen) atoms. The zero-order valence-electron chi connectivity index (χ0n) is 38.1. The van der Waals surface area contributed by atoms with E-state index in [4.69, 9.17) is 26.2 Å². The lowest BCUT2D eigenvalue weighted by Crippen LogP contribution is -2.49. The third-order valence-corrected chi connectivity index (χ3v) is 13.4. The van der Waals surface area contributed by atoms with Crippen LogP contribution in [0.25, 0.3) is 22.1 Å². The number of ether oxygens (including phenoxy) is 1. The highest BCUT2D eigenvalue weighted by Crippen LogP contribution is 2.33. The number of aryl methyl sites for hydroxylation is 4. The summed E-state index contributed by atoms with van der Waals surface area (Å²) in [6.45, 7) is 18.4. The summed E-state index contributed by atoms with van der Waals surface area (Å²) in [5.41, 5.74) is 16.4. The third kappa shape index (κ3) is 10.5. The van der Waals surface area contributed by atoms with Crippen LogP contribution in [-0.4, -0.2) is 119 Å². The summed E-state index contributed by atoms with van der Waals surface area (Å²) >= 11 is 2.77. The maximum absolute atomic E-state index is 13.9. The van der Waals surface area contributed by atoms with E-state index in [9.17, 15) is 19.2 Å². The van der Waals surface area contributed by atoms with Gasteiger partial charge in [-0.15, -0.1) is 23.1 Å². The van der Waals surface area contributed by atoms with Gasteiger partial charge in [-0.25, -0.2) is 15.0 Å². The SMILES string of the molecule is CCc1nc(C)sc1C(=O)Nc1nc2cc(C(N)=O)cc(OCCCN3CCN(C(C)C)CC3)c2n1C/C=C/Cn1c(CC(=O)c2cc(C)nn2CC)nc2cc(C(N)=O)cc(SC)c21. The van der Waals surface area contributed by atoms with E-state index in [-0.39, 0.29) is 36.2 Å². The van der Waals surface area contributed by atoms with Crippen molar-refractivity contribution < 1.29 is 23.9 Å². The Balaban J connectivity index is 1.23. The maximum atomic E-state index is 13.9. The first-order chi connectivity index (χ1) is 31.2. The Morgan fingerprint density at radius 1 is 0.892 bits per heavy atom. The number of benzene rings is 2. The van der Waals surface area contributed by atoms with Crippen molar-refractivity contribution in [3.8, 4) is 5.75 Å². The molecule has 0 spiro atoms. The van der Waals surface area contributed by atoms with E-state index in [1.807, 2.05) is 55.2 Å². The molecule has 1 aliphatic heterocycles. The molecule has 17 nitrogen and oxygen atoms in total. The average Bonchev–Trinajstić information content (AvgIpc) is 4.05. The Bertz CT molecular complexity index is 2770. The molecular weight excluding hydrogens is 865 g/mol. The summed E-state index contributed by atoms with van der Waals surface area (Å²) in [5.74, 6) is -0.505. The fourth-order valence-electron chi connectivity index (χ4n) is 8.29. The van der Waals surface area contributed by atoms with Gasteiger partial charge in [-0.1, -0.05) is 19.1 Å². The van der Waals surface area contributed by atoms with Crippen molar-refractivity contribution in [2.75, 3.05) is 50.9 Å². The summed E-state index contributed by atoms with van der Waals surface area (Å²) in [6, 6.07) is 8.95. The third-order valence-electron chi connectivity index (χ3n) is 11.6. The monoisotopic (exact) mass is 922 g/mol. The number of aromatic nitrogens is 7. The minimum Gasteiger partial charge on any atom is -0.491 e. The van der Waals surface area contributed by atoms with E-state index < -0.39 is 11.8 Å². The highest BCUT2D eigenvalue weighted by atomic mass is 32.2. The fourth-order valence-corrected chi connectivity index (χ4v) is 9.84. The second-order valence-corrected chi connectivity index (χ2v) is 18.4. The summed E-state index contributed by atoms with van der Waals surface area (Å²) in [6.07, 6.45) is 7.14. The molecule has 5 N–H and O–H groups in total. The van der Waals surface area contributed by atoms with Crippen LogP contribution in [0.15, 0.2) is 47.4 Å². The van der Waals surface area contributed by atoms with Crippen molar-refractivity contribution in [3.05, 3.63) is 86.4 Å². The molecule has 0 atom stereocenters. The number of imidazole rings is 2. The number of fused-ring (bicyclic) bond motifs is 2. The van der Waals surface area contributed by atoms with Gasteiger partial charge in [-0.3, -0.25) is 34.1 Å². The number of amides is 3. The van der Waals surface area contributed by atoms with Crippen LogP contribution < -0.4 is 21.5 Å². The highest BCUT2D eigenvalue weighted by Gasteiger charge is 2.25. The topological polar surface area (TPSA) is 214 Å². The number of nitrogens with two attached hydrogens (primary N) is 2.